The molecule has 1 aliphatic rings. The third kappa shape index (κ3) is 7.84. The van der Waals surface area contributed by atoms with Crippen molar-refractivity contribution in [1.29, 1.82) is 0 Å². The van der Waals surface area contributed by atoms with E-state index in [0.717, 1.165) is 57.6 Å². The smallest absolute Gasteiger partial charge is 0.251 e. The second-order valence-electron chi connectivity index (χ2n) is 6.13. The first-order valence-electron chi connectivity index (χ1n) is 9.47. The van der Waals surface area contributed by atoms with Crippen LogP contribution in [0.4, 0.5) is 0 Å². The maximum Gasteiger partial charge on any atom is 0.251 e. The van der Waals surface area contributed by atoms with Crippen molar-refractivity contribution >= 4 is 11.9 Å². The van der Waals surface area contributed by atoms with Gasteiger partial charge >= 0.3 is 0 Å². The minimum absolute atomic E-state index is 0.103. The molecule has 0 radical (unpaired) electrons. The van der Waals surface area contributed by atoms with Gasteiger partial charge < -0.3 is 25.4 Å². The number of morpholine rings is 1. The summed E-state index contributed by atoms with van der Waals surface area (Å²) in [6.07, 6.45) is 0. The van der Waals surface area contributed by atoms with Gasteiger partial charge in [-0.25, -0.2) is 0 Å². The highest BCUT2D eigenvalue weighted by atomic mass is 16.5. The van der Waals surface area contributed by atoms with E-state index in [1.165, 1.54) is 0 Å². The summed E-state index contributed by atoms with van der Waals surface area (Å²) in [4.78, 5) is 19.1. The number of nitrogens with one attached hydrogen (secondary N) is 3. The van der Waals surface area contributed by atoms with Crippen molar-refractivity contribution in [3.63, 3.8) is 0 Å². The van der Waals surface area contributed by atoms with Crippen LogP contribution >= 0.6 is 0 Å². The predicted molar refractivity (Wildman–Crippen MR) is 107 cm³/mol. The molecule has 1 aromatic rings. The van der Waals surface area contributed by atoms with Gasteiger partial charge in [0.2, 0.25) is 0 Å². The quantitative estimate of drug-likeness (QED) is 0.326. The SMILES string of the molecule is CCNC(=NCCN1CCOCC1)NCCNC(=O)c1ccc(OC)cc1. The van der Waals surface area contributed by atoms with Crippen LogP contribution in [0.2, 0.25) is 0 Å². The Morgan fingerprint density at radius 3 is 2.52 bits per heavy atom. The second-order valence-corrected chi connectivity index (χ2v) is 6.13. The number of nitrogens with zero attached hydrogens (tertiary/aromatic N) is 2. The standard InChI is InChI=1S/C19H31N5O3/c1-3-20-19(23-10-11-24-12-14-27-15-13-24)22-9-8-21-18(25)16-4-6-17(26-2)7-5-16/h4-7H,3,8-15H2,1-2H3,(H,21,25)(H2,20,22,23). The summed E-state index contributed by atoms with van der Waals surface area (Å²) in [5.74, 6) is 1.40. The van der Waals surface area contributed by atoms with Crippen molar-refractivity contribution < 1.29 is 14.3 Å². The van der Waals surface area contributed by atoms with Gasteiger partial charge in [0, 0.05) is 44.8 Å². The molecule has 8 nitrogen and oxygen atoms in total. The number of aliphatic imine (C=N–C) groups is 1. The van der Waals surface area contributed by atoms with Crippen molar-refractivity contribution in [2.45, 2.75) is 6.92 Å². The van der Waals surface area contributed by atoms with Crippen molar-refractivity contribution in [2.75, 3.05) is 66.1 Å². The number of methoxy groups -OCH3 is 1. The third-order valence-corrected chi connectivity index (χ3v) is 4.19. The fourth-order valence-electron chi connectivity index (χ4n) is 2.67. The average molecular weight is 377 g/mol. The highest BCUT2D eigenvalue weighted by Crippen LogP contribution is 2.10. The molecule has 0 aliphatic carbocycles. The van der Waals surface area contributed by atoms with Crippen LogP contribution < -0.4 is 20.7 Å². The van der Waals surface area contributed by atoms with Gasteiger partial charge in [-0.1, -0.05) is 0 Å². The fourth-order valence-corrected chi connectivity index (χ4v) is 2.67. The Morgan fingerprint density at radius 2 is 1.85 bits per heavy atom. The Morgan fingerprint density at radius 1 is 1.15 bits per heavy atom. The molecule has 1 fully saturated rings. The molecule has 1 aliphatic heterocycles. The molecule has 0 unspecified atom stereocenters. The van der Waals surface area contributed by atoms with Gasteiger partial charge in [0.1, 0.15) is 5.75 Å². The second kappa shape index (κ2) is 12.1. The molecule has 1 heterocycles. The largest absolute Gasteiger partial charge is 0.497 e. The van der Waals surface area contributed by atoms with Gasteiger partial charge in [0.25, 0.3) is 5.91 Å². The minimum Gasteiger partial charge on any atom is -0.497 e. The van der Waals surface area contributed by atoms with E-state index in [0.29, 0.717) is 18.7 Å². The lowest BCUT2D eigenvalue weighted by Gasteiger charge is -2.25. The maximum absolute atomic E-state index is 12.1. The fraction of sp³-hybridized carbons (Fsp3) is 0.579. The molecular formula is C19H31N5O3. The number of rotatable bonds is 9. The Kier molecular flexibility index (Phi) is 9.43. The molecule has 1 saturated heterocycles. The lowest BCUT2D eigenvalue weighted by molar-refractivity contribution is 0.0394. The van der Waals surface area contributed by atoms with Crippen LogP contribution in [-0.4, -0.2) is 82.9 Å². The van der Waals surface area contributed by atoms with Crippen molar-refractivity contribution in [3.8, 4) is 5.75 Å². The summed E-state index contributed by atoms with van der Waals surface area (Å²) in [5, 5.41) is 9.36. The summed E-state index contributed by atoms with van der Waals surface area (Å²) >= 11 is 0. The molecule has 2 rings (SSSR count). The van der Waals surface area contributed by atoms with Gasteiger partial charge in [0.05, 0.1) is 26.9 Å². The van der Waals surface area contributed by atoms with Gasteiger partial charge in [-0.2, -0.15) is 0 Å². The number of carbonyl (C=O) groups is 1. The maximum atomic E-state index is 12.1. The van der Waals surface area contributed by atoms with Gasteiger partial charge in [-0.05, 0) is 31.2 Å². The Labute approximate surface area is 161 Å². The molecule has 0 atom stereocenters. The van der Waals surface area contributed by atoms with E-state index >= 15 is 0 Å². The number of ether oxygens (including phenoxy) is 2. The van der Waals surface area contributed by atoms with Crippen LogP contribution in [0.1, 0.15) is 17.3 Å². The number of hydrogen-bond acceptors (Lipinski definition) is 5. The summed E-state index contributed by atoms with van der Waals surface area (Å²) in [5.41, 5.74) is 0.613. The highest BCUT2D eigenvalue weighted by molar-refractivity contribution is 5.94. The topological polar surface area (TPSA) is 87.2 Å². The predicted octanol–water partition coefficient (Wildman–Crippen LogP) is 0.312. The van der Waals surface area contributed by atoms with E-state index in [1.807, 2.05) is 6.92 Å². The number of amides is 1. The minimum atomic E-state index is -0.103. The monoisotopic (exact) mass is 377 g/mol. The van der Waals surface area contributed by atoms with E-state index in [2.05, 4.69) is 25.8 Å². The first-order chi connectivity index (χ1) is 13.2. The summed E-state index contributed by atoms with van der Waals surface area (Å²) in [6.45, 7) is 9.14. The number of hydrogen-bond donors (Lipinski definition) is 3. The van der Waals surface area contributed by atoms with E-state index in [-0.39, 0.29) is 5.91 Å². The number of guanidine groups is 1. The Balaban J connectivity index is 1.68. The Hall–Kier alpha value is -2.32. The summed E-state index contributed by atoms with van der Waals surface area (Å²) in [6, 6.07) is 7.05. The average Bonchev–Trinajstić information content (AvgIpc) is 2.71. The molecule has 150 valence electrons. The molecule has 0 aromatic heterocycles. The summed E-state index contributed by atoms with van der Waals surface area (Å²) in [7, 11) is 1.60. The van der Waals surface area contributed by atoms with Gasteiger partial charge in [0.15, 0.2) is 5.96 Å². The van der Waals surface area contributed by atoms with Crippen molar-refractivity contribution in [2.24, 2.45) is 4.99 Å². The molecule has 8 heteroatoms. The van der Waals surface area contributed by atoms with Crippen molar-refractivity contribution in [1.82, 2.24) is 20.9 Å². The molecule has 0 bridgehead atoms. The van der Waals surface area contributed by atoms with Gasteiger partial charge in [-0.3, -0.25) is 14.7 Å². The van der Waals surface area contributed by atoms with Crippen LogP contribution in [0.25, 0.3) is 0 Å². The lowest BCUT2D eigenvalue weighted by atomic mass is 10.2. The molecular weight excluding hydrogens is 346 g/mol. The van der Waals surface area contributed by atoms with Crippen LogP contribution in [0.15, 0.2) is 29.3 Å². The first kappa shape index (κ1) is 21.0. The van der Waals surface area contributed by atoms with Crippen LogP contribution in [0.5, 0.6) is 5.75 Å². The normalized spacial score (nSPS) is 15.3. The zero-order valence-electron chi connectivity index (χ0n) is 16.3. The van der Waals surface area contributed by atoms with E-state index in [9.17, 15) is 4.79 Å². The zero-order chi connectivity index (χ0) is 19.3. The van der Waals surface area contributed by atoms with Gasteiger partial charge in [-0.15, -0.1) is 0 Å². The molecule has 27 heavy (non-hydrogen) atoms. The lowest BCUT2D eigenvalue weighted by Crippen LogP contribution is -2.42. The molecule has 3 N–H and O–H groups in total. The molecule has 1 amide bonds. The van der Waals surface area contributed by atoms with E-state index in [1.54, 1.807) is 31.4 Å². The van der Waals surface area contributed by atoms with Crippen LogP contribution in [-0.2, 0) is 4.74 Å². The molecule has 0 saturated carbocycles. The molecule has 1 aromatic carbocycles. The highest BCUT2D eigenvalue weighted by Gasteiger charge is 2.09. The first-order valence-corrected chi connectivity index (χ1v) is 9.47. The van der Waals surface area contributed by atoms with Crippen LogP contribution in [0, 0.1) is 0 Å². The van der Waals surface area contributed by atoms with Crippen LogP contribution in [0.3, 0.4) is 0 Å². The Bertz CT molecular complexity index is 586. The number of carbonyl (C=O) groups excluding carboxylic acids is 1. The summed E-state index contributed by atoms with van der Waals surface area (Å²) < 4.78 is 10.4. The van der Waals surface area contributed by atoms with Crippen molar-refractivity contribution in [3.05, 3.63) is 29.8 Å². The number of benzene rings is 1. The third-order valence-electron chi connectivity index (χ3n) is 4.19. The van der Waals surface area contributed by atoms with E-state index < -0.39 is 0 Å². The zero-order valence-corrected chi connectivity index (χ0v) is 16.3. The van der Waals surface area contributed by atoms with E-state index in [4.69, 9.17) is 9.47 Å². The molecule has 0 spiro atoms.